The smallest absolute Gasteiger partial charge is 0.377 e. The summed E-state index contributed by atoms with van der Waals surface area (Å²) >= 11 is 11.9. The summed E-state index contributed by atoms with van der Waals surface area (Å²) in [6, 6.07) is 2.25. The van der Waals surface area contributed by atoms with Crippen molar-refractivity contribution in [1.29, 1.82) is 0 Å². The van der Waals surface area contributed by atoms with Crippen LogP contribution in [0, 0.1) is 10.1 Å². The number of nitrogens with zero attached hydrogens (tertiary/aromatic N) is 4. The summed E-state index contributed by atoms with van der Waals surface area (Å²) in [5, 5.41) is 14.5. The largest absolute Gasteiger partial charge is 0.463 e. The van der Waals surface area contributed by atoms with Crippen LogP contribution in [0.4, 0.5) is 5.69 Å². The Labute approximate surface area is 122 Å². The molecular weight excluding hydrogens is 311 g/mol. The molecule has 20 heavy (non-hydrogen) atoms. The first-order valence-electron chi connectivity index (χ1n) is 5.08. The van der Waals surface area contributed by atoms with Gasteiger partial charge in [0.25, 0.3) is 11.5 Å². The van der Waals surface area contributed by atoms with Gasteiger partial charge < -0.3 is 4.74 Å². The van der Waals surface area contributed by atoms with Crippen LogP contribution in [0.3, 0.4) is 0 Å². The minimum atomic E-state index is -0.724. The SMILES string of the molecule is COC(=O)c1ncn(-c2c(Cl)cc([N+](=O)[O-])cc2Cl)n1. The Kier molecular flexibility index (Phi) is 3.86. The van der Waals surface area contributed by atoms with Gasteiger partial charge in [-0.2, -0.15) is 0 Å². The van der Waals surface area contributed by atoms with Crippen molar-refractivity contribution < 1.29 is 14.5 Å². The summed E-state index contributed by atoms with van der Waals surface area (Å²) < 4.78 is 5.60. The van der Waals surface area contributed by atoms with Crippen molar-refractivity contribution in [2.75, 3.05) is 7.11 Å². The number of esters is 1. The number of hydrogen-bond acceptors (Lipinski definition) is 6. The third-order valence-electron chi connectivity index (χ3n) is 2.30. The molecule has 0 aliphatic heterocycles. The molecule has 2 aromatic rings. The molecule has 0 amide bonds. The van der Waals surface area contributed by atoms with Crippen LogP contribution in [0.1, 0.15) is 10.6 Å². The van der Waals surface area contributed by atoms with E-state index in [4.69, 9.17) is 23.2 Å². The Morgan fingerprint density at radius 2 is 2.00 bits per heavy atom. The summed E-state index contributed by atoms with van der Waals surface area (Å²) in [6.45, 7) is 0. The second kappa shape index (κ2) is 5.43. The molecule has 0 saturated carbocycles. The quantitative estimate of drug-likeness (QED) is 0.489. The molecule has 1 aromatic carbocycles. The second-order valence-corrected chi connectivity index (χ2v) is 4.33. The lowest BCUT2D eigenvalue weighted by atomic mass is 10.3. The van der Waals surface area contributed by atoms with Gasteiger partial charge in [0.05, 0.1) is 22.1 Å². The number of rotatable bonds is 3. The number of carbonyl (C=O) groups excluding carboxylic acids is 1. The standard InChI is InChI=1S/C10H6Cl2N4O4/c1-20-10(17)9-13-4-15(14-9)8-6(11)2-5(16(18)19)3-7(8)12/h2-4H,1H3. The van der Waals surface area contributed by atoms with Gasteiger partial charge in [-0.15, -0.1) is 5.10 Å². The molecule has 0 spiro atoms. The van der Waals surface area contributed by atoms with Crippen molar-refractivity contribution in [2.24, 2.45) is 0 Å². The average Bonchev–Trinajstić information content (AvgIpc) is 2.86. The van der Waals surface area contributed by atoms with Crippen molar-refractivity contribution in [3.63, 3.8) is 0 Å². The first-order chi connectivity index (χ1) is 9.43. The summed E-state index contributed by atoms with van der Waals surface area (Å²) in [7, 11) is 1.19. The molecule has 0 aliphatic carbocycles. The molecule has 8 nitrogen and oxygen atoms in total. The number of nitro groups is 1. The van der Waals surface area contributed by atoms with Crippen LogP contribution in [-0.4, -0.2) is 32.8 Å². The molecule has 0 saturated heterocycles. The van der Waals surface area contributed by atoms with Crippen molar-refractivity contribution in [3.8, 4) is 5.69 Å². The van der Waals surface area contributed by atoms with E-state index in [-0.39, 0.29) is 27.2 Å². The molecule has 0 unspecified atom stereocenters. The van der Waals surface area contributed by atoms with Gasteiger partial charge in [-0.3, -0.25) is 10.1 Å². The molecule has 1 heterocycles. The van der Waals surface area contributed by atoms with Gasteiger partial charge in [-0.05, 0) is 0 Å². The fraction of sp³-hybridized carbons (Fsp3) is 0.100. The Hall–Kier alpha value is -2.19. The highest BCUT2D eigenvalue weighted by atomic mass is 35.5. The Morgan fingerprint density at radius 1 is 1.40 bits per heavy atom. The average molecular weight is 317 g/mol. The number of ether oxygens (including phenoxy) is 1. The van der Waals surface area contributed by atoms with E-state index in [1.165, 1.54) is 13.4 Å². The monoisotopic (exact) mass is 316 g/mol. The highest BCUT2D eigenvalue weighted by Gasteiger charge is 2.19. The molecule has 0 fully saturated rings. The molecule has 1 aromatic heterocycles. The van der Waals surface area contributed by atoms with Gasteiger partial charge in [-0.25, -0.2) is 14.5 Å². The topological polar surface area (TPSA) is 100 Å². The minimum absolute atomic E-state index is 0.00511. The molecule has 0 radical (unpaired) electrons. The lowest BCUT2D eigenvalue weighted by Crippen LogP contribution is -2.05. The zero-order valence-electron chi connectivity index (χ0n) is 9.91. The lowest BCUT2D eigenvalue weighted by molar-refractivity contribution is -0.384. The maximum Gasteiger partial charge on any atom is 0.377 e. The van der Waals surface area contributed by atoms with E-state index in [0.29, 0.717) is 0 Å². The van der Waals surface area contributed by atoms with Crippen molar-refractivity contribution >= 4 is 34.9 Å². The van der Waals surface area contributed by atoms with Gasteiger partial charge in [0.1, 0.15) is 12.0 Å². The summed E-state index contributed by atoms with van der Waals surface area (Å²) in [5.41, 5.74) is -0.0707. The van der Waals surface area contributed by atoms with Crippen LogP contribution in [-0.2, 0) is 4.74 Å². The number of carbonyl (C=O) groups is 1. The molecule has 0 atom stereocenters. The molecular formula is C10H6Cl2N4O4. The highest BCUT2D eigenvalue weighted by molar-refractivity contribution is 6.38. The van der Waals surface area contributed by atoms with Crippen molar-refractivity contribution in [3.05, 3.63) is 44.4 Å². The van der Waals surface area contributed by atoms with Crippen LogP contribution >= 0.6 is 23.2 Å². The minimum Gasteiger partial charge on any atom is -0.463 e. The number of hydrogen-bond donors (Lipinski definition) is 0. The van der Waals surface area contributed by atoms with E-state index >= 15 is 0 Å². The molecule has 104 valence electrons. The van der Waals surface area contributed by atoms with E-state index in [2.05, 4.69) is 14.8 Å². The number of non-ortho nitro benzene ring substituents is 1. The first-order valence-corrected chi connectivity index (χ1v) is 5.83. The fourth-order valence-corrected chi connectivity index (χ4v) is 2.08. The fourth-order valence-electron chi connectivity index (χ4n) is 1.43. The lowest BCUT2D eigenvalue weighted by Gasteiger charge is -2.05. The normalized spacial score (nSPS) is 10.3. The highest BCUT2D eigenvalue weighted by Crippen LogP contribution is 2.32. The van der Waals surface area contributed by atoms with Gasteiger partial charge in [-0.1, -0.05) is 23.2 Å². The predicted molar refractivity (Wildman–Crippen MR) is 69.4 cm³/mol. The zero-order valence-corrected chi connectivity index (χ0v) is 11.4. The van der Waals surface area contributed by atoms with Crippen LogP contribution in [0.25, 0.3) is 5.69 Å². The number of halogens is 2. The molecule has 10 heteroatoms. The van der Waals surface area contributed by atoms with E-state index in [1.807, 2.05) is 0 Å². The van der Waals surface area contributed by atoms with E-state index in [1.54, 1.807) is 0 Å². The number of aromatic nitrogens is 3. The first kappa shape index (κ1) is 14.2. The van der Waals surface area contributed by atoms with Crippen LogP contribution in [0.2, 0.25) is 10.0 Å². The Balaban J connectivity index is 2.50. The Bertz CT molecular complexity index is 677. The zero-order chi connectivity index (χ0) is 14.9. The van der Waals surface area contributed by atoms with Crippen LogP contribution in [0.5, 0.6) is 0 Å². The van der Waals surface area contributed by atoms with Gasteiger partial charge in [0.2, 0.25) is 0 Å². The van der Waals surface area contributed by atoms with E-state index in [0.717, 1.165) is 16.8 Å². The second-order valence-electron chi connectivity index (χ2n) is 3.52. The molecule has 2 rings (SSSR count). The number of methoxy groups -OCH3 is 1. The molecule has 0 N–H and O–H groups in total. The third kappa shape index (κ3) is 2.56. The maximum atomic E-state index is 11.3. The van der Waals surface area contributed by atoms with Gasteiger partial charge in [0.15, 0.2) is 0 Å². The van der Waals surface area contributed by atoms with Crippen LogP contribution in [0.15, 0.2) is 18.5 Å². The van der Waals surface area contributed by atoms with E-state index in [9.17, 15) is 14.9 Å². The molecule has 0 bridgehead atoms. The summed E-state index contributed by atoms with van der Waals surface area (Å²) in [6.07, 6.45) is 1.20. The van der Waals surface area contributed by atoms with E-state index < -0.39 is 10.9 Å². The van der Waals surface area contributed by atoms with Crippen LogP contribution < -0.4 is 0 Å². The molecule has 0 aliphatic rings. The van der Waals surface area contributed by atoms with Gasteiger partial charge in [0, 0.05) is 12.1 Å². The van der Waals surface area contributed by atoms with Crippen molar-refractivity contribution in [1.82, 2.24) is 14.8 Å². The van der Waals surface area contributed by atoms with Crippen molar-refractivity contribution in [2.45, 2.75) is 0 Å². The summed E-state index contributed by atoms with van der Waals surface area (Å²) in [5.74, 6) is -0.907. The third-order valence-corrected chi connectivity index (χ3v) is 2.88. The maximum absolute atomic E-state index is 11.3. The number of benzene rings is 1. The number of nitro benzene ring substituents is 1. The van der Waals surface area contributed by atoms with Gasteiger partial charge >= 0.3 is 5.97 Å². The summed E-state index contributed by atoms with van der Waals surface area (Å²) in [4.78, 5) is 25.0. The predicted octanol–water partition coefficient (Wildman–Crippen LogP) is 2.27. The Morgan fingerprint density at radius 3 is 2.50 bits per heavy atom.